The average molecular weight is 414 g/mol. The van der Waals surface area contributed by atoms with Crippen molar-refractivity contribution >= 4 is 17.9 Å². The average Bonchev–Trinajstić information content (AvgIpc) is 3.51. The molecule has 6 nitrogen and oxygen atoms in total. The second kappa shape index (κ2) is 9.63. The summed E-state index contributed by atoms with van der Waals surface area (Å²) < 4.78 is 16.8. The van der Waals surface area contributed by atoms with Crippen LogP contribution in [0.25, 0.3) is 0 Å². The molecular formula is C24H30O6. The maximum Gasteiger partial charge on any atom is 0.339 e. The van der Waals surface area contributed by atoms with Crippen molar-refractivity contribution in [3.8, 4) is 0 Å². The van der Waals surface area contributed by atoms with E-state index in [1.807, 2.05) is 0 Å². The highest BCUT2D eigenvalue weighted by Gasteiger charge is 2.28. The van der Waals surface area contributed by atoms with Gasteiger partial charge < -0.3 is 14.2 Å². The molecule has 3 aliphatic rings. The molecule has 30 heavy (non-hydrogen) atoms. The SMILES string of the molecule is O=C(OC1CCCC1)c1ccc(C(=O)OC2CCCC2)c(C(=O)OC2CCCC2)c1. The summed E-state index contributed by atoms with van der Waals surface area (Å²) in [4.78, 5) is 38.3. The highest BCUT2D eigenvalue weighted by Crippen LogP contribution is 2.27. The number of esters is 3. The molecule has 6 heteroatoms. The predicted molar refractivity (Wildman–Crippen MR) is 109 cm³/mol. The van der Waals surface area contributed by atoms with Gasteiger partial charge in [0.05, 0.1) is 16.7 Å². The molecule has 1 aromatic carbocycles. The molecule has 0 amide bonds. The zero-order chi connectivity index (χ0) is 20.9. The molecule has 0 heterocycles. The molecule has 0 spiro atoms. The number of hydrogen-bond donors (Lipinski definition) is 0. The van der Waals surface area contributed by atoms with Crippen LogP contribution in [0.1, 0.15) is 108 Å². The van der Waals surface area contributed by atoms with E-state index >= 15 is 0 Å². The lowest BCUT2D eigenvalue weighted by atomic mass is 10.0. The van der Waals surface area contributed by atoms with Crippen LogP contribution in [0.15, 0.2) is 18.2 Å². The molecule has 3 fully saturated rings. The van der Waals surface area contributed by atoms with Gasteiger partial charge in [0.2, 0.25) is 0 Å². The Balaban J connectivity index is 1.54. The quantitative estimate of drug-likeness (QED) is 0.482. The van der Waals surface area contributed by atoms with Crippen LogP contribution in [0.5, 0.6) is 0 Å². The monoisotopic (exact) mass is 414 g/mol. The molecule has 0 aliphatic heterocycles. The minimum atomic E-state index is -0.573. The van der Waals surface area contributed by atoms with E-state index in [0.29, 0.717) is 0 Å². The van der Waals surface area contributed by atoms with E-state index in [0.717, 1.165) is 77.0 Å². The third-order valence-electron chi connectivity index (χ3n) is 6.42. The molecule has 162 valence electrons. The number of rotatable bonds is 6. The Morgan fingerprint density at radius 3 is 1.43 bits per heavy atom. The summed E-state index contributed by atoms with van der Waals surface area (Å²) in [7, 11) is 0. The molecular weight excluding hydrogens is 384 g/mol. The van der Waals surface area contributed by atoms with Crippen molar-refractivity contribution in [1.29, 1.82) is 0 Å². The van der Waals surface area contributed by atoms with Crippen LogP contribution in [-0.2, 0) is 14.2 Å². The van der Waals surface area contributed by atoms with Gasteiger partial charge in [-0.05, 0) is 95.2 Å². The van der Waals surface area contributed by atoms with Crippen molar-refractivity contribution in [3.63, 3.8) is 0 Å². The van der Waals surface area contributed by atoms with Crippen molar-refractivity contribution in [3.05, 3.63) is 34.9 Å². The Kier molecular flexibility index (Phi) is 6.70. The molecule has 3 saturated carbocycles. The van der Waals surface area contributed by atoms with Crippen LogP contribution in [0.2, 0.25) is 0 Å². The number of carbonyl (C=O) groups excluding carboxylic acids is 3. The summed E-state index contributed by atoms with van der Waals surface area (Å²) >= 11 is 0. The van der Waals surface area contributed by atoms with E-state index in [2.05, 4.69) is 0 Å². The first-order valence-electron chi connectivity index (χ1n) is 11.4. The highest BCUT2D eigenvalue weighted by atomic mass is 16.6. The summed E-state index contributed by atoms with van der Waals surface area (Å²) in [6.45, 7) is 0. The first kappa shape index (κ1) is 20.9. The fourth-order valence-electron chi connectivity index (χ4n) is 4.69. The molecule has 4 rings (SSSR count). The van der Waals surface area contributed by atoms with Gasteiger partial charge in [-0.2, -0.15) is 0 Å². The van der Waals surface area contributed by atoms with Crippen LogP contribution in [0.3, 0.4) is 0 Å². The van der Waals surface area contributed by atoms with Gasteiger partial charge in [0.25, 0.3) is 0 Å². The fraction of sp³-hybridized carbons (Fsp3) is 0.625. The van der Waals surface area contributed by atoms with E-state index in [9.17, 15) is 14.4 Å². The largest absolute Gasteiger partial charge is 0.459 e. The predicted octanol–water partition coefficient (Wildman–Crippen LogP) is 4.98. The minimum absolute atomic E-state index is 0.0709. The van der Waals surface area contributed by atoms with Gasteiger partial charge in [0.15, 0.2) is 0 Å². The number of ether oxygens (including phenoxy) is 3. The van der Waals surface area contributed by atoms with E-state index in [4.69, 9.17) is 14.2 Å². The number of hydrogen-bond acceptors (Lipinski definition) is 6. The zero-order valence-electron chi connectivity index (χ0n) is 17.4. The molecule has 0 bridgehead atoms. The molecule has 0 atom stereocenters. The van der Waals surface area contributed by atoms with Crippen molar-refractivity contribution in [2.24, 2.45) is 0 Å². The van der Waals surface area contributed by atoms with Gasteiger partial charge >= 0.3 is 17.9 Å². The van der Waals surface area contributed by atoms with Crippen molar-refractivity contribution < 1.29 is 28.6 Å². The molecule has 3 aliphatic carbocycles. The van der Waals surface area contributed by atoms with Gasteiger partial charge in [0, 0.05) is 0 Å². The Morgan fingerprint density at radius 2 is 0.967 bits per heavy atom. The molecule has 0 radical (unpaired) electrons. The Morgan fingerprint density at radius 1 is 0.567 bits per heavy atom. The van der Waals surface area contributed by atoms with Gasteiger partial charge in [-0.3, -0.25) is 0 Å². The Bertz CT molecular complexity index is 783. The van der Waals surface area contributed by atoms with Gasteiger partial charge in [-0.25, -0.2) is 14.4 Å². The van der Waals surface area contributed by atoms with E-state index < -0.39 is 17.9 Å². The smallest absolute Gasteiger partial charge is 0.339 e. The summed E-state index contributed by atoms with van der Waals surface area (Å²) in [5.74, 6) is -1.57. The second-order valence-corrected chi connectivity index (χ2v) is 8.70. The lowest BCUT2D eigenvalue weighted by Gasteiger charge is -2.17. The highest BCUT2D eigenvalue weighted by molar-refractivity contribution is 6.05. The molecule has 0 aromatic heterocycles. The third-order valence-corrected chi connectivity index (χ3v) is 6.42. The Hall–Kier alpha value is -2.37. The normalized spacial score (nSPS) is 20.4. The van der Waals surface area contributed by atoms with Crippen molar-refractivity contribution in [2.45, 2.75) is 95.4 Å². The van der Waals surface area contributed by atoms with Crippen LogP contribution >= 0.6 is 0 Å². The van der Waals surface area contributed by atoms with E-state index in [1.165, 1.54) is 18.2 Å². The first-order chi connectivity index (χ1) is 14.6. The molecule has 1 aromatic rings. The number of carbonyl (C=O) groups is 3. The van der Waals surface area contributed by atoms with Crippen LogP contribution in [0.4, 0.5) is 0 Å². The lowest BCUT2D eigenvalue weighted by molar-refractivity contribution is 0.0266. The summed E-state index contributed by atoms with van der Waals surface area (Å²) in [6, 6.07) is 4.46. The minimum Gasteiger partial charge on any atom is -0.459 e. The summed E-state index contributed by atoms with van der Waals surface area (Å²) in [5, 5.41) is 0. The molecule has 0 saturated heterocycles. The summed E-state index contributed by atoms with van der Waals surface area (Å²) in [6.07, 6.45) is 11.0. The fourth-order valence-corrected chi connectivity index (χ4v) is 4.69. The summed E-state index contributed by atoms with van der Waals surface area (Å²) in [5.41, 5.74) is 0.505. The number of benzene rings is 1. The third kappa shape index (κ3) is 5.02. The zero-order valence-corrected chi connectivity index (χ0v) is 17.4. The van der Waals surface area contributed by atoms with Gasteiger partial charge in [-0.1, -0.05) is 0 Å². The van der Waals surface area contributed by atoms with Gasteiger partial charge in [0.1, 0.15) is 18.3 Å². The van der Waals surface area contributed by atoms with Gasteiger partial charge in [-0.15, -0.1) is 0 Å². The second-order valence-electron chi connectivity index (χ2n) is 8.70. The van der Waals surface area contributed by atoms with Crippen LogP contribution < -0.4 is 0 Å². The standard InChI is InChI=1S/C24H30O6/c25-22(28-17-7-1-2-8-17)16-13-14-20(23(26)29-18-9-3-4-10-18)21(15-16)24(27)30-19-11-5-6-12-19/h13-15,17-19H,1-12H2. The van der Waals surface area contributed by atoms with Crippen LogP contribution in [-0.4, -0.2) is 36.2 Å². The Labute approximate surface area is 177 Å². The lowest BCUT2D eigenvalue weighted by Crippen LogP contribution is -2.22. The molecule has 0 unspecified atom stereocenters. The van der Waals surface area contributed by atoms with Crippen molar-refractivity contribution in [1.82, 2.24) is 0 Å². The topological polar surface area (TPSA) is 78.9 Å². The van der Waals surface area contributed by atoms with E-state index in [-0.39, 0.29) is 35.0 Å². The maximum atomic E-state index is 12.9. The first-order valence-corrected chi connectivity index (χ1v) is 11.4. The van der Waals surface area contributed by atoms with Crippen molar-refractivity contribution in [2.75, 3.05) is 0 Å². The molecule has 0 N–H and O–H groups in total. The maximum absolute atomic E-state index is 12.9. The van der Waals surface area contributed by atoms with Crippen LogP contribution in [0, 0.1) is 0 Å². The van der Waals surface area contributed by atoms with E-state index in [1.54, 1.807) is 0 Å².